The molecular weight excluding hydrogens is 335 g/mol. The van der Waals surface area contributed by atoms with E-state index >= 15 is 0 Å². The predicted octanol–water partition coefficient (Wildman–Crippen LogP) is 3.06. The molecule has 3 fully saturated rings. The first-order chi connectivity index (χ1) is 11.8. The summed E-state index contributed by atoms with van der Waals surface area (Å²) < 4.78 is 43.0. The molecule has 2 atom stereocenters. The maximum atomic E-state index is 12.7. The summed E-state index contributed by atoms with van der Waals surface area (Å²) >= 11 is 0. The molecule has 2 aromatic heterocycles. The fourth-order valence-electron chi connectivity index (χ4n) is 3.97. The summed E-state index contributed by atoms with van der Waals surface area (Å²) in [5.41, 5.74) is 0.0775. The van der Waals surface area contributed by atoms with Gasteiger partial charge in [0.05, 0.1) is 0 Å². The van der Waals surface area contributed by atoms with Crippen molar-refractivity contribution in [1.29, 1.82) is 0 Å². The third kappa shape index (κ3) is 2.88. The van der Waals surface area contributed by atoms with Gasteiger partial charge in [0.15, 0.2) is 0 Å². The first kappa shape index (κ1) is 16.4. The maximum Gasteiger partial charge on any atom is 0.449 e. The molecule has 0 aromatic carbocycles. The van der Waals surface area contributed by atoms with E-state index < -0.39 is 11.9 Å². The van der Waals surface area contributed by atoms with Gasteiger partial charge in [0.25, 0.3) is 5.91 Å². The van der Waals surface area contributed by atoms with Crippen LogP contribution in [0.3, 0.4) is 0 Å². The molecule has 5 rings (SSSR count). The molecule has 0 radical (unpaired) electrons. The molecule has 134 valence electrons. The number of carbonyl (C=O) groups is 1. The number of aromatic nitrogens is 1. The van der Waals surface area contributed by atoms with Crippen LogP contribution in [0.2, 0.25) is 0 Å². The van der Waals surface area contributed by atoms with E-state index in [1.807, 2.05) is 0 Å². The summed E-state index contributed by atoms with van der Waals surface area (Å²) in [4.78, 5) is 18.9. The van der Waals surface area contributed by atoms with Gasteiger partial charge in [-0.05, 0) is 44.8 Å². The van der Waals surface area contributed by atoms with Crippen LogP contribution in [-0.2, 0) is 6.18 Å². The van der Waals surface area contributed by atoms with E-state index in [9.17, 15) is 18.0 Å². The Kier molecular flexibility index (Phi) is 3.75. The number of hydrogen-bond acceptors (Lipinski definition) is 4. The lowest BCUT2D eigenvalue weighted by Crippen LogP contribution is -2.62. The molecule has 5 nitrogen and oxygen atoms in total. The average Bonchev–Trinajstić information content (AvgIpc) is 3.02. The quantitative estimate of drug-likeness (QED) is 0.902. The van der Waals surface area contributed by atoms with E-state index in [2.05, 4.69) is 22.1 Å². The number of alkyl halides is 3. The molecule has 0 saturated carbocycles. The molecule has 0 spiro atoms. The highest BCUT2D eigenvalue weighted by Gasteiger charge is 2.40. The van der Waals surface area contributed by atoms with Gasteiger partial charge in [-0.1, -0.05) is 0 Å². The Balaban J connectivity index is 1.56. The van der Waals surface area contributed by atoms with Crippen molar-refractivity contribution < 1.29 is 22.4 Å². The fourth-order valence-corrected chi connectivity index (χ4v) is 3.97. The van der Waals surface area contributed by atoms with Crippen LogP contribution in [0, 0.1) is 5.92 Å². The minimum atomic E-state index is -4.56. The SMILES string of the molecule is C[C@H]1[C@H](NC(=O)c2cc3oc(C(F)(F)F)cc3cn2)C2CCN1CC2. The molecule has 0 unspecified atom stereocenters. The van der Waals surface area contributed by atoms with Crippen LogP contribution in [0.15, 0.2) is 22.7 Å². The highest BCUT2D eigenvalue weighted by atomic mass is 19.4. The fraction of sp³-hybridized carbons (Fsp3) is 0.529. The lowest BCUT2D eigenvalue weighted by Gasteiger charge is -2.49. The third-order valence-corrected chi connectivity index (χ3v) is 5.39. The largest absolute Gasteiger partial charge is 0.451 e. The van der Waals surface area contributed by atoms with Crippen LogP contribution in [0.1, 0.15) is 36.0 Å². The molecular formula is C17H18F3N3O2. The number of furan rings is 1. The standard InChI is InChI=1S/C17H18F3N3O2/c1-9-15(10-2-4-23(9)5-3-10)22-16(24)12-7-13-11(8-21-12)6-14(25-13)17(18,19)20/h6-10,15H,2-5H2,1H3,(H,22,24)/t9-,15-/m0/s1. The van der Waals surface area contributed by atoms with Crippen molar-refractivity contribution in [3.05, 3.63) is 29.8 Å². The first-order valence-electron chi connectivity index (χ1n) is 8.34. The second-order valence-electron chi connectivity index (χ2n) is 6.83. The van der Waals surface area contributed by atoms with Crippen LogP contribution in [0.5, 0.6) is 0 Å². The molecule has 5 heterocycles. The maximum absolute atomic E-state index is 12.7. The molecule has 1 N–H and O–H groups in total. The van der Waals surface area contributed by atoms with E-state index in [0.717, 1.165) is 32.0 Å². The van der Waals surface area contributed by atoms with Crippen LogP contribution in [-0.4, -0.2) is 41.0 Å². The average molecular weight is 353 g/mol. The Morgan fingerprint density at radius 1 is 1.32 bits per heavy atom. The second kappa shape index (κ2) is 5.72. The number of fused-ring (bicyclic) bond motifs is 4. The topological polar surface area (TPSA) is 58.4 Å². The molecule has 2 bridgehead atoms. The van der Waals surface area contributed by atoms with Crippen molar-refractivity contribution in [3.63, 3.8) is 0 Å². The number of nitrogens with one attached hydrogen (secondary N) is 1. The Morgan fingerprint density at radius 3 is 2.68 bits per heavy atom. The zero-order chi connectivity index (χ0) is 17.8. The predicted molar refractivity (Wildman–Crippen MR) is 84.0 cm³/mol. The lowest BCUT2D eigenvalue weighted by molar-refractivity contribution is -0.152. The molecule has 1 amide bonds. The van der Waals surface area contributed by atoms with Crippen molar-refractivity contribution >= 4 is 16.9 Å². The van der Waals surface area contributed by atoms with E-state index in [-0.39, 0.29) is 34.7 Å². The normalized spacial score (nSPS) is 29.1. The van der Waals surface area contributed by atoms with Gasteiger partial charge in [-0.15, -0.1) is 0 Å². The minimum absolute atomic E-state index is 0.00874. The minimum Gasteiger partial charge on any atom is -0.451 e. The second-order valence-corrected chi connectivity index (χ2v) is 6.83. The van der Waals surface area contributed by atoms with E-state index in [0.29, 0.717) is 5.92 Å². The summed E-state index contributed by atoms with van der Waals surface area (Å²) in [7, 11) is 0. The van der Waals surface area contributed by atoms with E-state index in [1.54, 1.807) is 0 Å². The van der Waals surface area contributed by atoms with Gasteiger partial charge < -0.3 is 9.73 Å². The molecule has 0 aliphatic carbocycles. The van der Waals surface area contributed by atoms with Crippen molar-refractivity contribution in [2.45, 2.75) is 38.0 Å². The van der Waals surface area contributed by atoms with Crippen molar-refractivity contribution in [1.82, 2.24) is 15.2 Å². The summed E-state index contributed by atoms with van der Waals surface area (Å²) in [5, 5.41) is 3.23. The molecule has 2 aromatic rings. The van der Waals surface area contributed by atoms with Gasteiger partial charge in [0.2, 0.25) is 5.76 Å². The molecule has 25 heavy (non-hydrogen) atoms. The number of amides is 1. The monoisotopic (exact) mass is 353 g/mol. The smallest absolute Gasteiger partial charge is 0.449 e. The number of hydrogen-bond donors (Lipinski definition) is 1. The van der Waals surface area contributed by atoms with E-state index in [4.69, 9.17) is 4.42 Å². The van der Waals surface area contributed by atoms with Crippen LogP contribution >= 0.6 is 0 Å². The van der Waals surface area contributed by atoms with Crippen LogP contribution in [0.4, 0.5) is 13.2 Å². The zero-order valence-corrected chi connectivity index (χ0v) is 13.6. The van der Waals surface area contributed by atoms with Gasteiger partial charge in [0, 0.05) is 29.7 Å². The number of halogens is 3. The molecule has 8 heteroatoms. The lowest BCUT2D eigenvalue weighted by atomic mass is 9.79. The van der Waals surface area contributed by atoms with Gasteiger partial charge in [-0.25, -0.2) is 0 Å². The third-order valence-electron chi connectivity index (χ3n) is 5.39. The Bertz CT molecular complexity index is 807. The van der Waals surface area contributed by atoms with Gasteiger partial charge in [-0.3, -0.25) is 14.7 Å². The van der Waals surface area contributed by atoms with Crippen LogP contribution < -0.4 is 5.32 Å². The molecule has 3 aliphatic rings. The van der Waals surface area contributed by atoms with Gasteiger partial charge in [-0.2, -0.15) is 13.2 Å². The first-order valence-corrected chi connectivity index (χ1v) is 8.34. The summed E-state index contributed by atoms with van der Waals surface area (Å²) in [6.07, 6.45) is -1.22. The Labute approximate surface area is 142 Å². The van der Waals surface area contributed by atoms with Crippen molar-refractivity contribution in [2.24, 2.45) is 5.92 Å². The number of nitrogens with zero attached hydrogens (tertiary/aromatic N) is 2. The summed E-state index contributed by atoms with van der Waals surface area (Å²) in [6, 6.07) is 2.45. The van der Waals surface area contributed by atoms with Gasteiger partial charge in [0.1, 0.15) is 11.3 Å². The molecule has 3 saturated heterocycles. The number of pyridine rings is 1. The Hall–Kier alpha value is -2.09. The summed E-state index contributed by atoms with van der Waals surface area (Å²) in [5.74, 6) is -1.03. The number of rotatable bonds is 2. The van der Waals surface area contributed by atoms with Gasteiger partial charge >= 0.3 is 6.18 Å². The highest BCUT2D eigenvalue weighted by molar-refractivity contribution is 5.95. The summed E-state index contributed by atoms with van der Waals surface area (Å²) in [6.45, 7) is 4.19. The number of carbonyl (C=O) groups excluding carboxylic acids is 1. The highest BCUT2D eigenvalue weighted by Crippen LogP contribution is 2.34. The Morgan fingerprint density at radius 2 is 2.04 bits per heavy atom. The number of piperidine rings is 3. The van der Waals surface area contributed by atoms with Crippen molar-refractivity contribution in [3.8, 4) is 0 Å². The molecule has 3 aliphatic heterocycles. The zero-order valence-electron chi connectivity index (χ0n) is 13.6. The van der Waals surface area contributed by atoms with Crippen LogP contribution in [0.25, 0.3) is 11.0 Å². The van der Waals surface area contributed by atoms with E-state index in [1.165, 1.54) is 12.3 Å². The van der Waals surface area contributed by atoms with Crippen molar-refractivity contribution in [2.75, 3.05) is 13.1 Å².